The van der Waals surface area contributed by atoms with Crippen LogP contribution in [0.25, 0.3) is 22.4 Å². The second-order valence-corrected chi connectivity index (χ2v) is 13.2. The molecular formula is C31H39F2N2NaO7S. The number of aromatic nitrogens is 1. The Morgan fingerprint density at radius 2 is 1.57 bits per heavy atom. The molecule has 0 saturated carbocycles. The maximum absolute atomic E-state index is 14.5. The Labute approximate surface area is 280 Å². The number of aliphatic hydroxyl groups excluding tert-OH is 3. The molecule has 0 spiro atoms. The summed E-state index contributed by atoms with van der Waals surface area (Å²) in [6, 6.07) is 11.0. The summed E-state index contributed by atoms with van der Waals surface area (Å²) in [6.07, 6.45) is -2.94. The van der Waals surface area contributed by atoms with Crippen molar-refractivity contribution in [2.24, 2.45) is 0 Å². The summed E-state index contributed by atoms with van der Waals surface area (Å²) in [5.41, 5.74) is 2.02. The summed E-state index contributed by atoms with van der Waals surface area (Å²) >= 11 is 0. The van der Waals surface area contributed by atoms with Crippen molar-refractivity contribution in [3.63, 3.8) is 0 Å². The van der Waals surface area contributed by atoms with Gasteiger partial charge in [-0.25, -0.2) is 17.2 Å². The van der Waals surface area contributed by atoms with Gasteiger partial charge in [-0.05, 0) is 79.1 Å². The molecule has 2 aromatic carbocycles. The van der Waals surface area contributed by atoms with Crippen LogP contribution >= 0.6 is 0 Å². The first kappa shape index (κ1) is 36.3. The van der Waals surface area contributed by atoms with Gasteiger partial charge in [0.25, 0.3) is 0 Å². The number of carboxylic acid groups (broad SMARTS) is 1. The number of sulfonamides is 1. The number of piperidine rings is 1. The van der Waals surface area contributed by atoms with E-state index < -0.39 is 52.4 Å². The number of carboxylic acids is 1. The van der Waals surface area contributed by atoms with Crippen molar-refractivity contribution < 1.29 is 73.4 Å². The van der Waals surface area contributed by atoms with Gasteiger partial charge >= 0.3 is 35.5 Å². The van der Waals surface area contributed by atoms with Crippen molar-refractivity contribution in [3.05, 3.63) is 65.9 Å². The van der Waals surface area contributed by atoms with Crippen LogP contribution in [0.1, 0.15) is 59.0 Å². The maximum Gasteiger partial charge on any atom is 1.00 e. The molecule has 0 radical (unpaired) electrons. The molecule has 1 aliphatic heterocycles. The van der Waals surface area contributed by atoms with Crippen molar-refractivity contribution >= 4 is 16.0 Å². The van der Waals surface area contributed by atoms with E-state index in [9.17, 15) is 37.3 Å². The van der Waals surface area contributed by atoms with Crippen LogP contribution in [-0.2, 0) is 21.4 Å². The molecule has 4 N–H and O–H groups in total. The van der Waals surface area contributed by atoms with Crippen LogP contribution in [-0.4, -0.2) is 75.1 Å². The van der Waals surface area contributed by atoms with Gasteiger partial charge in [-0.2, -0.15) is 4.31 Å². The number of rotatable bonds is 12. The largest absolute Gasteiger partial charge is 1.00 e. The summed E-state index contributed by atoms with van der Waals surface area (Å²) in [6.45, 7) is 3.85. The molecule has 3 unspecified atom stereocenters. The van der Waals surface area contributed by atoms with Crippen LogP contribution in [0.4, 0.5) is 8.78 Å². The number of halogens is 2. The third kappa shape index (κ3) is 8.35. The average molecular weight is 645 g/mol. The normalized spacial score (nSPS) is 17.3. The monoisotopic (exact) mass is 644 g/mol. The van der Waals surface area contributed by atoms with Gasteiger partial charge in [0, 0.05) is 30.9 Å². The summed E-state index contributed by atoms with van der Waals surface area (Å²) < 4.78 is 60.1. The van der Waals surface area contributed by atoms with Gasteiger partial charge in [-0.1, -0.05) is 26.0 Å². The Morgan fingerprint density at radius 1 is 1.00 bits per heavy atom. The van der Waals surface area contributed by atoms with Gasteiger partial charge in [0.05, 0.1) is 30.4 Å². The van der Waals surface area contributed by atoms with Gasteiger partial charge in [0.15, 0.2) is 0 Å². The standard InChI is InChI=1S/C31H38F2N2O7S.Na.H/c1-19(2)29-31(43(41,42)34-14-3-4-25(37)18-34)28(20-5-9-22(32)10-6-20)30(21-7-11-23(33)12-8-21)35(29)15-13-24(36)16-26(38)17-27(39)40;;/h5-12,19,24-26,36-38H,3-4,13-18H2,1-2H3,(H,39,40);;/q;+1;-1. The molecule has 0 bridgehead atoms. The minimum absolute atomic E-state index is 0. The van der Waals surface area contributed by atoms with Gasteiger partial charge in [-0.15, -0.1) is 0 Å². The second-order valence-electron chi connectivity index (χ2n) is 11.3. The molecule has 1 aromatic heterocycles. The Bertz CT molecular complexity index is 1540. The average Bonchev–Trinajstić information content (AvgIpc) is 3.28. The van der Waals surface area contributed by atoms with Crippen molar-refractivity contribution in [3.8, 4) is 22.4 Å². The molecule has 9 nitrogen and oxygen atoms in total. The van der Waals surface area contributed by atoms with E-state index in [4.69, 9.17) is 5.11 Å². The van der Waals surface area contributed by atoms with Gasteiger partial charge < -0.3 is 26.4 Å². The number of β-amino-alcohol motifs (C(OH)–C–C–N with tert-alkyl or cyclic N) is 1. The number of hydrogen-bond acceptors (Lipinski definition) is 6. The SMILES string of the molecule is CC(C)c1c(S(=O)(=O)N2CCCC(O)C2)c(-c2ccc(F)cc2)c(-c2ccc(F)cc2)n1CCC(O)CC(O)CC(=O)O.[H-].[Na+]. The first-order valence-corrected chi connectivity index (χ1v) is 15.8. The van der Waals surface area contributed by atoms with Crippen molar-refractivity contribution in [2.75, 3.05) is 13.1 Å². The number of benzene rings is 2. The predicted molar refractivity (Wildman–Crippen MR) is 158 cm³/mol. The Balaban J connectivity index is 0.00000353. The second kappa shape index (κ2) is 15.4. The molecule has 0 aliphatic carbocycles. The van der Waals surface area contributed by atoms with E-state index in [1.807, 2.05) is 13.8 Å². The molecule has 1 saturated heterocycles. The van der Waals surface area contributed by atoms with Crippen LogP contribution in [0.15, 0.2) is 53.4 Å². The van der Waals surface area contributed by atoms with E-state index in [-0.39, 0.29) is 79.8 Å². The molecule has 2 heterocycles. The molecule has 0 amide bonds. The quantitative estimate of drug-likeness (QED) is 0.219. The van der Waals surface area contributed by atoms with Crippen LogP contribution in [0, 0.1) is 11.6 Å². The fraction of sp³-hybridized carbons (Fsp3) is 0.452. The number of aliphatic hydroxyl groups is 3. The number of nitrogens with zero attached hydrogens (tertiary/aromatic N) is 2. The van der Waals surface area contributed by atoms with E-state index in [0.717, 1.165) is 0 Å². The third-order valence-corrected chi connectivity index (χ3v) is 9.59. The summed E-state index contributed by atoms with van der Waals surface area (Å²) in [7, 11) is -4.23. The van der Waals surface area contributed by atoms with Crippen LogP contribution in [0.2, 0.25) is 0 Å². The smallest absolute Gasteiger partial charge is 1.00 e. The third-order valence-electron chi connectivity index (χ3n) is 7.65. The minimum Gasteiger partial charge on any atom is -1.00 e. The zero-order valence-electron chi connectivity index (χ0n) is 26.2. The molecule has 1 fully saturated rings. The van der Waals surface area contributed by atoms with Gasteiger partial charge in [-0.3, -0.25) is 4.79 Å². The summed E-state index contributed by atoms with van der Waals surface area (Å²) in [5.74, 6) is -2.58. The zero-order chi connectivity index (χ0) is 31.5. The van der Waals surface area contributed by atoms with E-state index in [0.29, 0.717) is 35.4 Å². The Kier molecular flexibility index (Phi) is 12.7. The van der Waals surface area contributed by atoms with E-state index in [2.05, 4.69) is 0 Å². The molecular weight excluding hydrogens is 605 g/mol. The minimum atomic E-state index is -4.23. The van der Waals surface area contributed by atoms with E-state index in [1.165, 1.54) is 52.8 Å². The molecule has 3 atom stereocenters. The van der Waals surface area contributed by atoms with Crippen molar-refractivity contribution in [1.82, 2.24) is 8.87 Å². The van der Waals surface area contributed by atoms with Crippen LogP contribution in [0.5, 0.6) is 0 Å². The fourth-order valence-corrected chi connectivity index (χ4v) is 7.82. The first-order chi connectivity index (χ1) is 20.3. The summed E-state index contributed by atoms with van der Waals surface area (Å²) in [4.78, 5) is 11.0. The van der Waals surface area contributed by atoms with Gasteiger partial charge in [0.2, 0.25) is 10.0 Å². The molecule has 236 valence electrons. The molecule has 13 heteroatoms. The topological polar surface area (TPSA) is 140 Å². The van der Waals surface area contributed by atoms with Crippen molar-refractivity contribution in [1.29, 1.82) is 0 Å². The van der Waals surface area contributed by atoms with E-state index in [1.54, 1.807) is 4.57 Å². The number of carbonyl (C=O) groups is 1. The number of aliphatic carboxylic acids is 1. The first-order valence-electron chi connectivity index (χ1n) is 14.3. The van der Waals surface area contributed by atoms with Crippen LogP contribution in [0.3, 0.4) is 0 Å². The number of hydrogen-bond donors (Lipinski definition) is 4. The van der Waals surface area contributed by atoms with E-state index >= 15 is 0 Å². The Morgan fingerprint density at radius 3 is 2.09 bits per heavy atom. The zero-order valence-corrected chi connectivity index (χ0v) is 28.0. The van der Waals surface area contributed by atoms with Gasteiger partial charge in [0.1, 0.15) is 16.5 Å². The van der Waals surface area contributed by atoms with Crippen LogP contribution < -0.4 is 29.6 Å². The predicted octanol–water partition coefficient (Wildman–Crippen LogP) is 1.46. The van der Waals surface area contributed by atoms with Crippen molar-refractivity contribution in [2.45, 2.75) is 81.6 Å². The molecule has 3 aromatic rings. The Hall–Kier alpha value is -2.16. The molecule has 1 aliphatic rings. The molecule has 44 heavy (non-hydrogen) atoms. The fourth-order valence-electron chi connectivity index (χ4n) is 5.74. The maximum atomic E-state index is 14.5. The summed E-state index contributed by atoms with van der Waals surface area (Å²) in [5, 5.41) is 40.1. The molecule has 4 rings (SSSR count).